The van der Waals surface area contributed by atoms with E-state index in [0.29, 0.717) is 35.7 Å². The van der Waals surface area contributed by atoms with E-state index in [1.165, 1.54) is 18.2 Å². The van der Waals surface area contributed by atoms with Gasteiger partial charge in [-0.15, -0.1) is 0 Å². The molecule has 234 valence electrons. The summed E-state index contributed by atoms with van der Waals surface area (Å²) in [7, 11) is 0. The smallest absolute Gasteiger partial charge is 0.350 e. The number of nitrogens with zero attached hydrogens (tertiary/aromatic N) is 5. The molecule has 8 nitrogen and oxygen atoms in total. The van der Waals surface area contributed by atoms with E-state index in [1.807, 2.05) is 18.7 Å². The molecule has 0 saturated carbocycles. The molecule has 0 unspecified atom stereocenters. The second-order valence-electron chi connectivity index (χ2n) is 12.3. The van der Waals surface area contributed by atoms with E-state index < -0.39 is 17.3 Å². The van der Waals surface area contributed by atoms with Crippen molar-refractivity contribution in [1.29, 1.82) is 0 Å². The molecule has 0 N–H and O–H groups in total. The number of carbonyl (C=O) groups excluding carboxylic acids is 1. The van der Waals surface area contributed by atoms with Gasteiger partial charge >= 0.3 is 5.69 Å². The third-order valence-electron chi connectivity index (χ3n) is 9.56. The van der Waals surface area contributed by atoms with Crippen LogP contribution in [0.25, 0.3) is 22.0 Å². The van der Waals surface area contributed by atoms with Crippen molar-refractivity contribution in [2.45, 2.75) is 58.2 Å². The molecule has 1 aromatic heterocycles. The summed E-state index contributed by atoms with van der Waals surface area (Å²) in [6.07, 6.45) is 4.14. The number of piperazine rings is 1. The summed E-state index contributed by atoms with van der Waals surface area (Å²) in [4.78, 5) is 37.4. The van der Waals surface area contributed by atoms with Crippen LogP contribution >= 0.6 is 11.6 Å². The Labute approximate surface area is 260 Å². The van der Waals surface area contributed by atoms with E-state index in [1.54, 1.807) is 15.5 Å². The lowest BCUT2D eigenvalue weighted by Gasteiger charge is -2.45. The van der Waals surface area contributed by atoms with Gasteiger partial charge in [-0.05, 0) is 82.9 Å². The lowest BCUT2D eigenvalue weighted by atomic mass is 9.89. The maximum atomic E-state index is 15.2. The Morgan fingerprint density at radius 3 is 2.59 bits per heavy atom. The predicted molar refractivity (Wildman–Crippen MR) is 169 cm³/mol. The summed E-state index contributed by atoms with van der Waals surface area (Å²) in [6, 6.07) is 4.46. The van der Waals surface area contributed by atoms with Crippen molar-refractivity contribution in [3.8, 4) is 16.9 Å². The fourth-order valence-electron chi connectivity index (χ4n) is 7.16. The van der Waals surface area contributed by atoms with Gasteiger partial charge in [-0.25, -0.2) is 13.6 Å². The van der Waals surface area contributed by atoms with Crippen LogP contribution in [0.1, 0.15) is 46.1 Å². The van der Waals surface area contributed by atoms with E-state index in [4.69, 9.17) is 16.3 Å². The number of amides is 1. The van der Waals surface area contributed by atoms with Crippen molar-refractivity contribution in [3.63, 3.8) is 0 Å². The van der Waals surface area contributed by atoms with Crippen LogP contribution in [0.5, 0.6) is 5.75 Å². The van der Waals surface area contributed by atoms with Crippen molar-refractivity contribution in [2.24, 2.45) is 5.92 Å². The Morgan fingerprint density at radius 2 is 1.91 bits per heavy atom. The topological polar surface area (TPSA) is 70.9 Å². The molecule has 0 bridgehead atoms. The van der Waals surface area contributed by atoms with Gasteiger partial charge in [0.25, 0.3) is 0 Å². The molecule has 11 heteroatoms. The van der Waals surface area contributed by atoms with Gasteiger partial charge in [0.15, 0.2) is 5.75 Å². The summed E-state index contributed by atoms with van der Waals surface area (Å²) in [5.74, 6) is -0.466. The Bertz CT molecular complexity index is 1670. The fraction of sp³-hybridized carbons (Fsp3) is 0.485. The normalized spacial score (nSPS) is 22.7. The number of halogens is 3. The van der Waals surface area contributed by atoms with Crippen LogP contribution in [0.3, 0.4) is 0 Å². The van der Waals surface area contributed by atoms with Crippen LogP contribution in [0, 0.1) is 17.6 Å². The minimum atomic E-state index is -0.774. The SMILES string of the molecule is C=CC(=O)N1C[C@H](C)N(c2nc(=O)n3c4c(c(-c5ccc(F)cc5F)c(Cl)cc24)OC[C@H]3CC2CCN(CC)CC2)C[C@H]1C. The van der Waals surface area contributed by atoms with Crippen molar-refractivity contribution in [3.05, 3.63) is 64.1 Å². The monoisotopic (exact) mass is 625 g/mol. The Hall–Kier alpha value is -3.50. The quantitative estimate of drug-likeness (QED) is 0.329. The van der Waals surface area contributed by atoms with Gasteiger partial charge in [-0.3, -0.25) is 9.36 Å². The van der Waals surface area contributed by atoms with E-state index in [-0.39, 0.29) is 52.5 Å². The van der Waals surface area contributed by atoms with E-state index >= 15 is 4.39 Å². The number of hydrogen-bond acceptors (Lipinski definition) is 6. The standard InChI is InChI=1S/C33H38ClF2N5O3/c1-5-28(42)39-16-20(4)40(17-19(39)3)32-25-15-26(34)29(24-8-7-22(35)14-27(24)36)31-30(25)41(33(43)37-32)23(18-44-31)13-21-9-11-38(6-2)12-10-21/h5,7-8,14-15,19-21,23H,1,6,9-13,16-18H2,2-4H3/t19-,20+,23-/m1/s1. The number of likely N-dealkylation sites (tertiary alicyclic amines) is 1. The van der Waals surface area contributed by atoms with Gasteiger partial charge < -0.3 is 19.4 Å². The second-order valence-corrected chi connectivity index (χ2v) is 12.7. The number of rotatable bonds is 6. The average molecular weight is 626 g/mol. The minimum Gasteiger partial charge on any atom is -0.488 e. The minimum absolute atomic E-state index is 0.0922. The lowest BCUT2D eigenvalue weighted by Crippen LogP contribution is -2.58. The third kappa shape index (κ3) is 5.36. The highest BCUT2D eigenvalue weighted by Crippen LogP contribution is 2.48. The van der Waals surface area contributed by atoms with Crippen LogP contribution in [-0.2, 0) is 4.79 Å². The van der Waals surface area contributed by atoms with E-state index in [0.717, 1.165) is 45.0 Å². The third-order valence-corrected chi connectivity index (χ3v) is 9.86. The summed E-state index contributed by atoms with van der Waals surface area (Å²) in [5.41, 5.74) is 0.467. The van der Waals surface area contributed by atoms with Crippen molar-refractivity contribution in [1.82, 2.24) is 19.4 Å². The van der Waals surface area contributed by atoms with Crippen LogP contribution < -0.4 is 15.3 Å². The van der Waals surface area contributed by atoms with Crippen LogP contribution in [0.2, 0.25) is 5.02 Å². The first-order chi connectivity index (χ1) is 21.1. The summed E-state index contributed by atoms with van der Waals surface area (Å²) >= 11 is 6.89. The number of benzene rings is 2. The zero-order valence-corrected chi connectivity index (χ0v) is 26.1. The van der Waals surface area contributed by atoms with Crippen LogP contribution in [0.15, 0.2) is 41.7 Å². The number of hydrogen-bond donors (Lipinski definition) is 0. The Kier molecular flexibility index (Phi) is 8.41. The molecule has 1 amide bonds. The molecule has 6 rings (SSSR count). The van der Waals surface area contributed by atoms with Gasteiger partial charge in [0.2, 0.25) is 5.91 Å². The molecule has 4 heterocycles. The van der Waals surface area contributed by atoms with Crippen LogP contribution in [0.4, 0.5) is 14.6 Å². The first-order valence-electron chi connectivity index (χ1n) is 15.4. The van der Waals surface area contributed by atoms with E-state index in [2.05, 4.69) is 23.4 Å². The number of aromatic nitrogens is 2. The zero-order chi connectivity index (χ0) is 31.3. The molecule has 0 aliphatic carbocycles. The molecule has 0 radical (unpaired) electrons. The number of anilines is 1. The first kappa shape index (κ1) is 30.5. The maximum Gasteiger partial charge on any atom is 0.350 e. The van der Waals surface area contributed by atoms with Crippen LogP contribution in [-0.4, -0.2) is 76.7 Å². The molecular formula is C33H38ClF2N5O3. The van der Waals surface area contributed by atoms with Gasteiger partial charge in [-0.1, -0.05) is 25.1 Å². The van der Waals surface area contributed by atoms with Crippen molar-refractivity contribution >= 4 is 34.2 Å². The lowest BCUT2D eigenvalue weighted by molar-refractivity contribution is -0.128. The van der Waals surface area contributed by atoms with Crippen molar-refractivity contribution in [2.75, 3.05) is 44.2 Å². The molecule has 2 saturated heterocycles. The number of piperidine rings is 1. The van der Waals surface area contributed by atoms with Crippen molar-refractivity contribution < 1.29 is 18.3 Å². The number of carbonyl (C=O) groups is 1. The fourth-order valence-corrected chi connectivity index (χ4v) is 7.46. The summed E-state index contributed by atoms with van der Waals surface area (Å²) in [5, 5.41) is 0.821. The van der Waals surface area contributed by atoms with Gasteiger partial charge in [0.05, 0.1) is 16.6 Å². The molecule has 3 aliphatic rings. The first-order valence-corrected chi connectivity index (χ1v) is 15.8. The van der Waals surface area contributed by atoms with E-state index in [9.17, 15) is 14.0 Å². The van der Waals surface area contributed by atoms with Gasteiger partial charge in [-0.2, -0.15) is 4.98 Å². The highest BCUT2D eigenvalue weighted by atomic mass is 35.5. The molecule has 2 fully saturated rings. The summed E-state index contributed by atoms with van der Waals surface area (Å²) in [6.45, 7) is 13.9. The molecule has 44 heavy (non-hydrogen) atoms. The molecular weight excluding hydrogens is 588 g/mol. The average Bonchev–Trinajstić information content (AvgIpc) is 3.00. The Balaban J connectivity index is 1.50. The molecule has 0 spiro atoms. The molecule has 3 aliphatic heterocycles. The highest BCUT2D eigenvalue weighted by molar-refractivity contribution is 6.35. The van der Waals surface area contributed by atoms with Gasteiger partial charge in [0.1, 0.15) is 24.1 Å². The summed E-state index contributed by atoms with van der Waals surface area (Å²) < 4.78 is 37.2. The maximum absolute atomic E-state index is 15.2. The molecule has 3 aromatic rings. The highest BCUT2D eigenvalue weighted by Gasteiger charge is 2.37. The molecule has 3 atom stereocenters. The van der Waals surface area contributed by atoms with Gasteiger partial charge in [0, 0.05) is 47.8 Å². The Morgan fingerprint density at radius 1 is 1.16 bits per heavy atom. The predicted octanol–water partition coefficient (Wildman–Crippen LogP) is 5.66. The number of ether oxygens (including phenoxy) is 1. The largest absolute Gasteiger partial charge is 0.488 e. The zero-order valence-electron chi connectivity index (χ0n) is 25.4. The second kappa shape index (κ2) is 12.1. The molecule has 2 aromatic carbocycles.